The summed E-state index contributed by atoms with van der Waals surface area (Å²) >= 11 is 2.78. The fourth-order valence-electron chi connectivity index (χ4n) is 2.08. The van der Waals surface area contributed by atoms with E-state index in [1.807, 2.05) is 11.4 Å². The number of hydrogen-bond donors (Lipinski definition) is 1. The van der Waals surface area contributed by atoms with Crippen molar-refractivity contribution in [2.24, 2.45) is 0 Å². The number of rotatable bonds is 5. The second kappa shape index (κ2) is 7.41. The van der Waals surface area contributed by atoms with Crippen molar-refractivity contribution < 1.29 is 14.3 Å². The van der Waals surface area contributed by atoms with Crippen molar-refractivity contribution in [3.63, 3.8) is 0 Å². The first-order valence-electron chi connectivity index (χ1n) is 6.97. The average Bonchev–Trinajstić information content (AvgIpc) is 3.09. The van der Waals surface area contributed by atoms with Crippen molar-refractivity contribution in [1.82, 2.24) is 15.3 Å². The number of nitrogens with zero attached hydrogens (tertiary/aromatic N) is 2. The number of imide groups is 1. The maximum atomic E-state index is 12.2. The quantitative estimate of drug-likeness (QED) is 0.557. The number of carbonyl (C=O) groups excluding carboxylic acids is 2. The van der Waals surface area contributed by atoms with E-state index in [1.165, 1.54) is 36.5 Å². The highest BCUT2D eigenvalue weighted by Crippen LogP contribution is 2.27. The van der Waals surface area contributed by atoms with Crippen LogP contribution in [0.25, 0.3) is 10.2 Å². The number of methoxy groups -OCH3 is 1. The van der Waals surface area contributed by atoms with Crippen molar-refractivity contribution in [3.8, 4) is 5.75 Å². The Morgan fingerprint density at radius 3 is 2.92 bits per heavy atom. The van der Waals surface area contributed by atoms with Crippen LogP contribution in [0.5, 0.6) is 5.75 Å². The van der Waals surface area contributed by atoms with Gasteiger partial charge in [0.15, 0.2) is 0 Å². The Morgan fingerprint density at radius 1 is 1.25 bits per heavy atom. The molecule has 0 fully saturated rings. The van der Waals surface area contributed by atoms with Gasteiger partial charge >= 0.3 is 0 Å². The number of thiophene rings is 1. The zero-order valence-corrected chi connectivity index (χ0v) is 14.3. The molecule has 2 aromatic heterocycles. The number of ether oxygens (including phenoxy) is 1. The van der Waals surface area contributed by atoms with Gasteiger partial charge in [-0.1, -0.05) is 23.9 Å². The van der Waals surface area contributed by atoms with E-state index in [-0.39, 0.29) is 5.75 Å². The second-order valence-electron chi connectivity index (χ2n) is 4.68. The molecule has 0 saturated carbocycles. The fourth-order valence-corrected chi connectivity index (χ4v) is 3.66. The summed E-state index contributed by atoms with van der Waals surface area (Å²) in [6.07, 6.45) is 1.47. The van der Waals surface area contributed by atoms with Crippen molar-refractivity contribution >= 4 is 45.1 Å². The number of fused-ring (bicyclic) bond motifs is 1. The van der Waals surface area contributed by atoms with Crippen LogP contribution < -0.4 is 10.1 Å². The molecule has 0 radical (unpaired) electrons. The summed E-state index contributed by atoms with van der Waals surface area (Å²) in [4.78, 5) is 33.4. The highest BCUT2D eigenvalue weighted by Gasteiger charge is 2.15. The maximum Gasteiger partial charge on any atom is 0.261 e. The number of aromatic nitrogens is 2. The molecule has 2 amide bonds. The van der Waals surface area contributed by atoms with Gasteiger partial charge < -0.3 is 4.74 Å². The minimum atomic E-state index is -0.485. The highest BCUT2D eigenvalue weighted by atomic mass is 32.2. The Morgan fingerprint density at radius 2 is 2.08 bits per heavy atom. The molecule has 8 heteroatoms. The van der Waals surface area contributed by atoms with Gasteiger partial charge in [-0.05, 0) is 23.6 Å². The summed E-state index contributed by atoms with van der Waals surface area (Å²) in [6, 6.07) is 8.66. The number of nitrogens with one attached hydrogen (secondary N) is 1. The number of benzene rings is 1. The summed E-state index contributed by atoms with van der Waals surface area (Å²) in [5, 5.41) is 5.93. The van der Waals surface area contributed by atoms with Gasteiger partial charge in [0.05, 0.1) is 18.4 Å². The van der Waals surface area contributed by atoms with Crippen LogP contribution in [0, 0.1) is 0 Å². The van der Waals surface area contributed by atoms with Gasteiger partial charge in [0.2, 0.25) is 5.91 Å². The van der Waals surface area contributed by atoms with Crippen LogP contribution in [-0.4, -0.2) is 34.6 Å². The van der Waals surface area contributed by atoms with Crippen molar-refractivity contribution in [2.75, 3.05) is 12.9 Å². The van der Waals surface area contributed by atoms with Crippen LogP contribution in [0.15, 0.2) is 47.1 Å². The Kier molecular flexibility index (Phi) is 5.07. The smallest absolute Gasteiger partial charge is 0.261 e. The predicted molar refractivity (Wildman–Crippen MR) is 93.6 cm³/mol. The molecule has 0 spiro atoms. The van der Waals surface area contributed by atoms with Crippen molar-refractivity contribution in [3.05, 3.63) is 47.6 Å². The zero-order valence-electron chi connectivity index (χ0n) is 12.7. The van der Waals surface area contributed by atoms with Gasteiger partial charge in [0.25, 0.3) is 5.91 Å². The van der Waals surface area contributed by atoms with Crippen molar-refractivity contribution in [1.29, 1.82) is 0 Å². The Bertz CT molecular complexity index is 895. The van der Waals surface area contributed by atoms with Gasteiger partial charge in [-0.2, -0.15) is 0 Å². The molecule has 122 valence electrons. The van der Waals surface area contributed by atoms with E-state index < -0.39 is 11.8 Å². The van der Waals surface area contributed by atoms with Crippen LogP contribution in [0.4, 0.5) is 0 Å². The molecule has 24 heavy (non-hydrogen) atoms. The molecule has 1 N–H and O–H groups in total. The van der Waals surface area contributed by atoms with Crippen molar-refractivity contribution in [2.45, 2.75) is 5.03 Å². The molecule has 0 saturated heterocycles. The molecule has 0 atom stereocenters. The van der Waals surface area contributed by atoms with E-state index in [1.54, 1.807) is 24.3 Å². The number of thioether (sulfide) groups is 1. The lowest BCUT2D eigenvalue weighted by atomic mass is 10.2. The van der Waals surface area contributed by atoms with Gasteiger partial charge in [-0.3, -0.25) is 14.9 Å². The van der Waals surface area contributed by atoms with E-state index in [9.17, 15) is 9.59 Å². The molecule has 0 unspecified atom stereocenters. The molecule has 2 heterocycles. The first kappa shape index (κ1) is 16.4. The lowest BCUT2D eigenvalue weighted by Gasteiger charge is -2.08. The summed E-state index contributed by atoms with van der Waals surface area (Å²) in [7, 11) is 1.48. The average molecular weight is 359 g/mol. The summed E-state index contributed by atoms with van der Waals surface area (Å²) in [5.74, 6) is -0.367. The summed E-state index contributed by atoms with van der Waals surface area (Å²) in [6.45, 7) is 0. The van der Waals surface area contributed by atoms with E-state index in [0.29, 0.717) is 11.3 Å². The largest absolute Gasteiger partial charge is 0.496 e. The molecule has 3 aromatic rings. The van der Waals surface area contributed by atoms with Gasteiger partial charge in [-0.25, -0.2) is 9.97 Å². The second-order valence-corrected chi connectivity index (χ2v) is 6.54. The molecule has 0 aliphatic heterocycles. The van der Waals surface area contributed by atoms with Crippen LogP contribution >= 0.6 is 23.1 Å². The molecular formula is C16H13N3O3S2. The molecule has 0 aliphatic rings. The maximum absolute atomic E-state index is 12.2. The van der Waals surface area contributed by atoms with E-state index in [4.69, 9.17) is 4.74 Å². The number of para-hydroxylation sites is 1. The normalized spacial score (nSPS) is 10.5. The number of carbonyl (C=O) groups is 2. The molecule has 6 nitrogen and oxygen atoms in total. The third-order valence-corrected chi connectivity index (χ3v) is 5.00. The molecule has 1 aromatic carbocycles. The molecular weight excluding hydrogens is 346 g/mol. The third-order valence-electron chi connectivity index (χ3n) is 3.17. The molecule has 0 aliphatic carbocycles. The standard InChI is InChI=1S/C16H13N3O3S2/c1-22-12-5-3-2-4-10(12)14(21)19-13(20)8-24-16-11-6-7-23-15(11)17-9-18-16/h2-7,9H,8H2,1H3,(H,19,20,21). The lowest BCUT2D eigenvalue weighted by Crippen LogP contribution is -2.32. The van der Waals surface area contributed by atoms with Crippen LogP contribution in [0.3, 0.4) is 0 Å². The van der Waals surface area contributed by atoms with Gasteiger partial charge in [0.1, 0.15) is 21.9 Å². The van der Waals surface area contributed by atoms with E-state index >= 15 is 0 Å². The Balaban J connectivity index is 1.63. The number of hydrogen-bond acceptors (Lipinski definition) is 7. The highest BCUT2D eigenvalue weighted by molar-refractivity contribution is 8.00. The lowest BCUT2D eigenvalue weighted by molar-refractivity contribution is -0.117. The fraction of sp³-hybridized carbons (Fsp3) is 0.125. The third kappa shape index (κ3) is 3.55. The first-order chi connectivity index (χ1) is 11.7. The summed E-state index contributed by atoms with van der Waals surface area (Å²) in [5.41, 5.74) is 0.320. The SMILES string of the molecule is COc1ccccc1C(=O)NC(=O)CSc1ncnc2sccc12. The Hall–Kier alpha value is -2.45. The van der Waals surface area contributed by atoms with Crippen LogP contribution in [0.2, 0.25) is 0 Å². The topological polar surface area (TPSA) is 81.2 Å². The van der Waals surface area contributed by atoms with E-state index in [2.05, 4.69) is 15.3 Å². The zero-order chi connectivity index (χ0) is 16.9. The molecule has 0 bridgehead atoms. The van der Waals surface area contributed by atoms with Gasteiger partial charge in [-0.15, -0.1) is 11.3 Å². The molecule has 3 rings (SSSR count). The van der Waals surface area contributed by atoms with Crippen LogP contribution in [0.1, 0.15) is 10.4 Å². The van der Waals surface area contributed by atoms with Gasteiger partial charge in [0, 0.05) is 5.39 Å². The number of amides is 2. The minimum absolute atomic E-state index is 0.0862. The Labute approximate surface area is 146 Å². The monoisotopic (exact) mass is 359 g/mol. The predicted octanol–water partition coefficient (Wildman–Crippen LogP) is 2.75. The first-order valence-corrected chi connectivity index (χ1v) is 8.84. The van der Waals surface area contributed by atoms with E-state index in [0.717, 1.165) is 15.2 Å². The van der Waals surface area contributed by atoms with Crippen LogP contribution in [-0.2, 0) is 4.79 Å². The summed E-state index contributed by atoms with van der Waals surface area (Å²) < 4.78 is 5.12. The minimum Gasteiger partial charge on any atom is -0.496 e.